The van der Waals surface area contributed by atoms with Gasteiger partial charge in [-0.3, -0.25) is 4.79 Å². The maximum Gasteiger partial charge on any atom is 0.254 e. The minimum absolute atomic E-state index is 0.159. The summed E-state index contributed by atoms with van der Waals surface area (Å²) in [6.07, 6.45) is 0. The van der Waals surface area contributed by atoms with Crippen LogP contribution in [0.3, 0.4) is 0 Å². The molecule has 0 radical (unpaired) electrons. The van der Waals surface area contributed by atoms with Crippen LogP contribution in [0.1, 0.15) is 22.0 Å². The van der Waals surface area contributed by atoms with Gasteiger partial charge >= 0.3 is 0 Å². The van der Waals surface area contributed by atoms with Crippen molar-refractivity contribution < 1.29 is 18.0 Å². The van der Waals surface area contributed by atoms with E-state index >= 15 is 0 Å². The van der Waals surface area contributed by atoms with Crippen LogP contribution in [0.2, 0.25) is 0 Å². The number of hydrogen-bond donors (Lipinski definition) is 1. The molecule has 0 heterocycles. The van der Waals surface area contributed by atoms with Crippen molar-refractivity contribution in [3.05, 3.63) is 71.0 Å². The van der Waals surface area contributed by atoms with Crippen LogP contribution >= 0.6 is 0 Å². The molecular formula is C17H17F3N2O. The molecule has 0 aliphatic rings. The first kappa shape index (κ1) is 17.0. The average Bonchev–Trinajstić information content (AvgIpc) is 2.47. The standard InChI is InChI=1S/C17H17F3N2O/c1-22(2)16(11-4-3-5-12(18)8-11)10-21-17(23)14-7-6-13(19)9-15(14)20/h3-9,16H,10H2,1-2H3,(H,21,23). The van der Waals surface area contributed by atoms with Crippen molar-refractivity contribution in [3.8, 4) is 0 Å². The Labute approximate surface area is 132 Å². The van der Waals surface area contributed by atoms with Crippen molar-refractivity contribution >= 4 is 5.91 Å². The topological polar surface area (TPSA) is 32.3 Å². The molecule has 0 saturated carbocycles. The van der Waals surface area contributed by atoms with Crippen molar-refractivity contribution in [3.63, 3.8) is 0 Å². The van der Waals surface area contributed by atoms with Gasteiger partial charge in [-0.05, 0) is 43.9 Å². The predicted octanol–water partition coefficient (Wildman–Crippen LogP) is 3.14. The van der Waals surface area contributed by atoms with Crippen LogP contribution in [0.15, 0.2) is 42.5 Å². The number of hydrogen-bond acceptors (Lipinski definition) is 2. The Morgan fingerprint density at radius 1 is 1.09 bits per heavy atom. The zero-order valence-electron chi connectivity index (χ0n) is 12.8. The molecule has 2 aromatic carbocycles. The lowest BCUT2D eigenvalue weighted by Crippen LogP contribution is -2.35. The van der Waals surface area contributed by atoms with Crippen molar-refractivity contribution in [2.45, 2.75) is 6.04 Å². The lowest BCUT2D eigenvalue weighted by atomic mass is 10.1. The molecule has 1 amide bonds. The van der Waals surface area contributed by atoms with Crippen LogP contribution in [0.4, 0.5) is 13.2 Å². The van der Waals surface area contributed by atoms with Gasteiger partial charge in [0.15, 0.2) is 0 Å². The molecule has 6 heteroatoms. The Bertz CT molecular complexity index is 704. The average molecular weight is 322 g/mol. The summed E-state index contributed by atoms with van der Waals surface area (Å²) >= 11 is 0. The molecule has 23 heavy (non-hydrogen) atoms. The largest absolute Gasteiger partial charge is 0.350 e. The zero-order valence-corrected chi connectivity index (χ0v) is 12.8. The highest BCUT2D eigenvalue weighted by Gasteiger charge is 2.18. The highest BCUT2D eigenvalue weighted by atomic mass is 19.1. The Hall–Kier alpha value is -2.34. The number of benzene rings is 2. The second-order valence-electron chi connectivity index (χ2n) is 5.37. The first-order valence-electron chi connectivity index (χ1n) is 7.03. The van der Waals surface area contributed by atoms with Gasteiger partial charge in [-0.2, -0.15) is 0 Å². The summed E-state index contributed by atoms with van der Waals surface area (Å²) in [5.74, 6) is -2.68. The van der Waals surface area contributed by atoms with E-state index in [1.165, 1.54) is 12.1 Å². The van der Waals surface area contributed by atoms with E-state index in [4.69, 9.17) is 0 Å². The number of rotatable bonds is 5. The van der Waals surface area contributed by atoms with Gasteiger partial charge in [0.25, 0.3) is 5.91 Å². The van der Waals surface area contributed by atoms with Crippen LogP contribution in [-0.4, -0.2) is 31.4 Å². The van der Waals surface area contributed by atoms with Crippen LogP contribution in [0, 0.1) is 17.5 Å². The first-order chi connectivity index (χ1) is 10.9. The Balaban J connectivity index is 2.11. The van der Waals surface area contributed by atoms with Crippen LogP contribution in [0.25, 0.3) is 0 Å². The van der Waals surface area contributed by atoms with E-state index in [1.54, 1.807) is 26.2 Å². The molecule has 0 spiro atoms. The summed E-state index contributed by atoms with van der Waals surface area (Å²) in [5, 5.41) is 2.59. The Morgan fingerprint density at radius 3 is 2.39 bits per heavy atom. The zero-order chi connectivity index (χ0) is 17.0. The molecule has 0 saturated heterocycles. The van der Waals surface area contributed by atoms with E-state index in [9.17, 15) is 18.0 Å². The van der Waals surface area contributed by atoms with Crippen molar-refractivity contribution in [1.29, 1.82) is 0 Å². The summed E-state index contributed by atoms with van der Waals surface area (Å²) in [7, 11) is 3.58. The minimum atomic E-state index is -0.922. The number of nitrogens with zero attached hydrogens (tertiary/aromatic N) is 1. The van der Waals surface area contributed by atoms with E-state index in [-0.39, 0.29) is 24.0 Å². The third kappa shape index (κ3) is 4.32. The molecule has 1 N–H and O–H groups in total. The molecule has 2 rings (SSSR count). The molecule has 0 fully saturated rings. The van der Waals surface area contributed by atoms with E-state index in [0.29, 0.717) is 11.6 Å². The fourth-order valence-electron chi connectivity index (χ4n) is 2.27. The molecule has 1 unspecified atom stereocenters. The van der Waals surface area contributed by atoms with E-state index in [2.05, 4.69) is 5.32 Å². The fourth-order valence-corrected chi connectivity index (χ4v) is 2.27. The lowest BCUT2D eigenvalue weighted by molar-refractivity contribution is 0.0938. The van der Waals surface area contributed by atoms with E-state index < -0.39 is 17.5 Å². The number of halogens is 3. The summed E-state index contributed by atoms with van der Waals surface area (Å²) in [5.41, 5.74) is 0.457. The molecule has 0 bridgehead atoms. The SMILES string of the molecule is CN(C)C(CNC(=O)c1ccc(F)cc1F)c1cccc(F)c1. The van der Waals surface area contributed by atoms with Gasteiger partial charge < -0.3 is 10.2 Å². The van der Waals surface area contributed by atoms with Crippen molar-refractivity contribution in [2.75, 3.05) is 20.6 Å². The molecule has 0 aliphatic carbocycles. The third-order valence-electron chi connectivity index (χ3n) is 3.49. The number of amides is 1. The minimum Gasteiger partial charge on any atom is -0.350 e. The second-order valence-corrected chi connectivity index (χ2v) is 5.37. The van der Waals surface area contributed by atoms with Gasteiger partial charge in [0, 0.05) is 12.6 Å². The normalized spacial score (nSPS) is 12.3. The van der Waals surface area contributed by atoms with Gasteiger partial charge in [0.2, 0.25) is 0 Å². The molecule has 1 atom stereocenters. The third-order valence-corrected chi connectivity index (χ3v) is 3.49. The number of carbonyl (C=O) groups is 1. The van der Waals surface area contributed by atoms with Crippen molar-refractivity contribution in [2.24, 2.45) is 0 Å². The van der Waals surface area contributed by atoms with Gasteiger partial charge in [0.1, 0.15) is 17.5 Å². The van der Waals surface area contributed by atoms with Crippen LogP contribution in [-0.2, 0) is 0 Å². The number of likely N-dealkylation sites (N-methyl/N-ethyl adjacent to an activating group) is 1. The maximum atomic E-state index is 13.6. The second kappa shape index (κ2) is 7.28. The van der Waals surface area contributed by atoms with E-state index in [0.717, 1.165) is 12.1 Å². The maximum absolute atomic E-state index is 13.6. The molecule has 122 valence electrons. The fraction of sp³-hybridized carbons (Fsp3) is 0.235. The Kier molecular flexibility index (Phi) is 5.39. The predicted molar refractivity (Wildman–Crippen MR) is 81.5 cm³/mol. The van der Waals surface area contributed by atoms with E-state index in [1.807, 2.05) is 4.90 Å². The van der Waals surface area contributed by atoms with Crippen LogP contribution < -0.4 is 5.32 Å². The molecule has 0 aromatic heterocycles. The first-order valence-corrected chi connectivity index (χ1v) is 7.03. The number of nitrogens with one attached hydrogen (secondary N) is 1. The summed E-state index contributed by atoms with van der Waals surface area (Å²) in [4.78, 5) is 13.9. The summed E-state index contributed by atoms with van der Waals surface area (Å²) < 4.78 is 39.8. The van der Waals surface area contributed by atoms with Crippen LogP contribution in [0.5, 0.6) is 0 Å². The van der Waals surface area contributed by atoms with Gasteiger partial charge in [-0.15, -0.1) is 0 Å². The Morgan fingerprint density at radius 2 is 1.78 bits per heavy atom. The lowest BCUT2D eigenvalue weighted by Gasteiger charge is -2.25. The molecule has 0 aliphatic heterocycles. The quantitative estimate of drug-likeness (QED) is 0.917. The molecular weight excluding hydrogens is 305 g/mol. The molecule has 2 aromatic rings. The summed E-state index contributed by atoms with van der Waals surface area (Å²) in [6, 6.07) is 8.54. The van der Waals surface area contributed by atoms with Gasteiger partial charge in [0.05, 0.1) is 11.6 Å². The highest BCUT2D eigenvalue weighted by molar-refractivity contribution is 5.94. The summed E-state index contributed by atoms with van der Waals surface area (Å²) in [6.45, 7) is 0.159. The highest BCUT2D eigenvalue weighted by Crippen LogP contribution is 2.18. The van der Waals surface area contributed by atoms with Gasteiger partial charge in [-0.1, -0.05) is 12.1 Å². The van der Waals surface area contributed by atoms with Crippen molar-refractivity contribution in [1.82, 2.24) is 10.2 Å². The smallest absolute Gasteiger partial charge is 0.254 e. The van der Waals surface area contributed by atoms with Gasteiger partial charge in [-0.25, -0.2) is 13.2 Å². The monoisotopic (exact) mass is 322 g/mol. The number of carbonyl (C=O) groups excluding carboxylic acids is 1. The molecule has 3 nitrogen and oxygen atoms in total.